The fourth-order valence-electron chi connectivity index (χ4n) is 4.21. The molecule has 0 saturated carbocycles. The van der Waals surface area contributed by atoms with Gasteiger partial charge in [-0.1, -0.05) is 36.5 Å². The minimum Gasteiger partial charge on any atom is -0.497 e. The number of methoxy groups -OCH3 is 2. The zero-order valence-electron chi connectivity index (χ0n) is 21.3. The number of rotatable bonds is 10. The molecule has 2 aromatic rings. The van der Waals surface area contributed by atoms with Crippen LogP contribution in [0.3, 0.4) is 0 Å². The molecule has 2 aromatic carbocycles. The Bertz CT molecular complexity index is 1340. The second-order valence-electron chi connectivity index (χ2n) is 8.47. The summed E-state index contributed by atoms with van der Waals surface area (Å²) in [4.78, 5) is 32.7. The van der Waals surface area contributed by atoms with Crippen molar-refractivity contribution in [3.8, 4) is 11.5 Å². The number of benzene rings is 2. The monoisotopic (exact) mass is 537 g/mol. The number of amides is 1. The topological polar surface area (TPSA) is 89.5 Å². The standard InChI is InChI=1S/C28H28FN3O5S/c1-5-12-37-27(34)25-17(2)31-28-32(26(25)22-11-10-21(35-3)14-23(22)36-4)20(16-38-28)13-24(33)30-15-18-6-8-19(29)9-7-18/h5-11,14,16,26H,1,12-13,15H2,2-4H3,(H,30,33)/t26-/m0/s1. The highest BCUT2D eigenvalue weighted by Gasteiger charge is 2.42. The molecule has 1 N–H and O–H groups in total. The van der Waals surface area contributed by atoms with Crippen molar-refractivity contribution in [3.63, 3.8) is 0 Å². The molecular formula is C28H28FN3O5S. The van der Waals surface area contributed by atoms with E-state index in [1.807, 2.05) is 16.4 Å². The quantitative estimate of drug-likeness (QED) is 0.342. The van der Waals surface area contributed by atoms with Crippen LogP contribution in [0.1, 0.15) is 30.5 Å². The lowest BCUT2D eigenvalue weighted by Gasteiger charge is -2.36. The number of fused-ring (bicyclic) bond motifs is 1. The number of esters is 1. The Morgan fingerprint density at radius 3 is 2.63 bits per heavy atom. The summed E-state index contributed by atoms with van der Waals surface area (Å²) in [7, 11) is 3.10. The number of carbonyl (C=O) groups is 2. The first-order valence-electron chi connectivity index (χ1n) is 11.8. The van der Waals surface area contributed by atoms with E-state index >= 15 is 0 Å². The summed E-state index contributed by atoms with van der Waals surface area (Å²) in [6.45, 7) is 5.68. The van der Waals surface area contributed by atoms with Crippen LogP contribution >= 0.6 is 11.8 Å². The number of allylic oxidation sites excluding steroid dienone is 1. The van der Waals surface area contributed by atoms with Crippen molar-refractivity contribution in [2.75, 3.05) is 20.8 Å². The Hall–Kier alpha value is -4.05. The summed E-state index contributed by atoms with van der Waals surface area (Å²) in [6, 6.07) is 10.6. The Morgan fingerprint density at radius 2 is 1.95 bits per heavy atom. The number of hydrogen-bond acceptors (Lipinski definition) is 8. The van der Waals surface area contributed by atoms with Gasteiger partial charge in [-0.15, -0.1) is 0 Å². The maximum absolute atomic E-state index is 13.3. The van der Waals surface area contributed by atoms with E-state index in [1.165, 1.54) is 30.0 Å². The molecule has 2 aliphatic rings. The first kappa shape index (κ1) is 27.0. The fraction of sp³-hybridized carbons (Fsp3) is 0.250. The second-order valence-corrected chi connectivity index (χ2v) is 9.30. The summed E-state index contributed by atoms with van der Waals surface area (Å²) in [5.41, 5.74) is 2.97. The van der Waals surface area contributed by atoms with E-state index < -0.39 is 12.0 Å². The van der Waals surface area contributed by atoms with Gasteiger partial charge in [0, 0.05) is 23.9 Å². The largest absolute Gasteiger partial charge is 0.497 e. The van der Waals surface area contributed by atoms with Crippen LogP contribution in [0, 0.1) is 5.82 Å². The molecule has 0 bridgehead atoms. The molecule has 198 valence electrons. The van der Waals surface area contributed by atoms with E-state index in [4.69, 9.17) is 14.2 Å². The van der Waals surface area contributed by atoms with Crippen LogP contribution in [-0.2, 0) is 20.9 Å². The number of nitrogens with one attached hydrogen (secondary N) is 1. The van der Waals surface area contributed by atoms with Gasteiger partial charge < -0.3 is 24.4 Å². The smallest absolute Gasteiger partial charge is 0.338 e. The summed E-state index contributed by atoms with van der Waals surface area (Å²) in [5.74, 6) is -0.00105. The molecule has 1 amide bonds. The Labute approximate surface area is 224 Å². The lowest BCUT2D eigenvalue weighted by atomic mass is 9.93. The van der Waals surface area contributed by atoms with Gasteiger partial charge >= 0.3 is 5.97 Å². The summed E-state index contributed by atoms with van der Waals surface area (Å²) < 4.78 is 29.7. The van der Waals surface area contributed by atoms with E-state index in [2.05, 4.69) is 16.9 Å². The van der Waals surface area contributed by atoms with Gasteiger partial charge in [0.2, 0.25) is 5.91 Å². The predicted molar refractivity (Wildman–Crippen MR) is 144 cm³/mol. The van der Waals surface area contributed by atoms with Gasteiger partial charge in [-0.05, 0) is 42.2 Å². The van der Waals surface area contributed by atoms with Gasteiger partial charge in [-0.25, -0.2) is 14.2 Å². The van der Waals surface area contributed by atoms with Gasteiger partial charge in [0.05, 0.1) is 38.0 Å². The first-order chi connectivity index (χ1) is 18.4. The zero-order valence-corrected chi connectivity index (χ0v) is 22.1. The normalized spacial score (nSPS) is 16.3. The summed E-state index contributed by atoms with van der Waals surface area (Å²) in [6.07, 6.45) is 1.53. The number of hydrogen-bond donors (Lipinski definition) is 1. The van der Waals surface area contributed by atoms with Crippen LogP contribution in [0.15, 0.2) is 82.5 Å². The van der Waals surface area contributed by atoms with E-state index in [-0.39, 0.29) is 31.3 Å². The predicted octanol–water partition coefficient (Wildman–Crippen LogP) is 4.85. The molecule has 0 spiro atoms. The average Bonchev–Trinajstić information content (AvgIpc) is 3.31. The van der Waals surface area contributed by atoms with Gasteiger partial charge in [-0.2, -0.15) is 0 Å². The van der Waals surface area contributed by atoms with Crippen molar-refractivity contribution in [1.29, 1.82) is 0 Å². The van der Waals surface area contributed by atoms with E-state index in [0.29, 0.717) is 39.2 Å². The third-order valence-corrected chi connectivity index (χ3v) is 6.92. The minimum absolute atomic E-state index is 0.0379. The maximum atomic E-state index is 13.3. The molecule has 0 fully saturated rings. The first-order valence-corrected chi connectivity index (χ1v) is 12.7. The average molecular weight is 538 g/mol. The van der Waals surface area contributed by atoms with Gasteiger partial charge in [0.25, 0.3) is 0 Å². The van der Waals surface area contributed by atoms with Gasteiger partial charge in [0.15, 0.2) is 5.17 Å². The lowest BCUT2D eigenvalue weighted by Crippen LogP contribution is -2.38. The maximum Gasteiger partial charge on any atom is 0.338 e. The van der Waals surface area contributed by atoms with E-state index in [1.54, 1.807) is 45.4 Å². The third kappa shape index (κ3) is 5.75. The van der Waals surface area contributed by atoms with Crippen LogP contribution in [0.2, 0.25) is 0 Å². The molecule has 8 nitrogen and oxygen atoms in total. The van der Waals surface area contributed by atoms with Gasteiger partial charge in [-0.3, -0.25) is 4.79 Å². The molecule has 0 aliphatic carbocycles. The minimum atomic E-state index is -0.660. The summed E-state index contributed by atoms with van der Waals surface area (Å²) in [5, 5.41) is 5.35. The number of amidine groups is 1. The van der Waals surface area contributed by atoms with Crippen molar-refractivity contribution in [1.82, 2.24) is 10.2 Å². The molecule has 2 aliphatic heterocycles. The molecule has 1 atom stereocenters. The van der Waals surface area contributed by atoms with E-state index in [9.17, 15) is 14.0 Å². The van der Waals surface area contributed by atoms with Crippen LogP contribution < -0.4 is 14.8 Å². The number of thioether (sulfide) groups is 1. The van der Waals surface area contributed by atoms with Crippen LogP contribution in [-0.4, -0.2) is 42.8 Å². The van der Waals surface area contributed by atoms with Crippen molar-refractivity contribution in [2.45, 2.75) is 25.9 Å². The Morgan fingerprint density at radius 1 is 1.18 bits per heavy atom. The van der Waals surface area contributed by atoms with Crippen LogP contribution in [0.25, 0.3) is 0 Å². The van der Waals surface area contributed by atoms with Crippen molar-refractivity contribution in [2.24, 2.45) is 4.99 Å². The molecule has 2 heterocycles. The second kappa shape index (κ2) is 12.0. The molecular weight excluding hydrogens is 509 g/mol. The fourth-order valence-corrected chi connectivity index (χ4v) is 5.18. The van der Waals surface area contributed by atoms with Crippen LogP contribution in [0.5, 0.6) is 11.5 Å². The molecule has 10 heteroatoms. The number of carbonyl (C=O) groups excluding carboxylic acids is 2. The van der Waals surface area contributed by atoms with Crippen LogP contribution in [0.4, 0.5) is 4.39 Å². The molecule has 0 saturated heterocycles. The highest BCUT2D eigenvalue weighted by molar-refractivity contribution is 8.16. The van der Waals surface area contributed by atoms with Crippen molar-refractivity contribution in [3.05, 3.63) is 94.4 Å². The summed E-state index contributed by atoms with van der Waals surface area (Å²) >= 11 is 1.37. The lowest BCUT2D eigenvalue weighted by molar-refractivity contribution is -0.138. The highest BCUT2D eigenvalue weighted by atomic mass is 32.2. The molecule has 0 aromatic heterocycles. The van der Waals surface area contributed by atoms with Crippen molar-refractivity contribution >= 4 is 28.8 Å². The SMILES string of the molecule is C=CCOC(=O)C1=C(C)N=C2SC=C(CC(=O)NCc3ccc(F)cc3)N2[C@H]1c1ccc(OC)cc1OC. The number of ether oxygens (including phenoxy) is 3. The Kier molecular flexibility index (Phi) is 8.52. The molecule has 38 heavy (non-hydrogen) atoms. The number of halogens is 1. The number of nitrogens with zero attached hydrogens (tertiary/aromatic N) is 2. The zero-order chi connectivity index (χ0) is 27.2. The third-order valence-electron chi connectivity index (χ3n) is 6.03. The Balaban J connectivity index is 1.66. The van der Waals surface area contributed by atoms with E-state index in [0.717, 1.165) is 5.56 Å². The highest BCUT2D eigenvalue weighted by Crippen LogP contribution is 2.47. The van der Waals surface area contributed by atoms with Crippen molar-refractivity contribution < 1.29 is 28.2 Å². The molecule has 0 radical (unpaired) electrons. The number of aliphatic imine (C=N–C) groups is 1. The van der Waals surface area contributed by atoms with Gasteiger partial charge in [0.1, 0.15) is 23.9 Å². The molecule has 4 rings (SSSR count). The molecule has 0 unspecified atom stereocenters.